The molecule has 1 rings (SSSR count). The SMILES string of the molecule is CC(Oc1ccc(C(N)=S)cc1)C(=O)O. The van der Waals surface area contributed by atoms with E-state index in [1.807, 2.05) is 0 Å². The van der Waals surface area contributed by atoms with Gasteiger partial charge in [-0.15, -0.1) is 0 Å². The number of thiocarbonyl (C=S) groups is 1. The molecule has 15 heavy (non-hydrogen) atoms. The van der Waals surface area contributed by atoms with Gasteiger partial charge in [0.2, 0.25) is 0 Å². The van der Waals surface area contributed by atoms with E-state index in [1.165, 1.54) is 6.92 Å². The van der Waals surface area contributed by atoms with E-state index < -0.39 is 12.1 Å². The Balaban J connectivity index is 2.72. The number of carbonyl (C=O) groups is 1. The van der Waals surface area contributed by atoms with Crippen LogP contribution in [-0.2, 0) is 4.79 Å². The lowest BCUT2D eigenvalue weighted by atomic mass is 10.2. The van der Waals surface area contributed by atoms with Gasteiger partial charge in [0.1, 0.15) is 10.7 Å². The minimum Gasteiger partial charge on any atom is -0.479 e. The third-order valence-electron chi connectivity index (χ3n) is 1.80. The van der Waals surface area contributed by atoms with Gasteiger partial charge in [-0.2, -0.15) is 0 Å². The molecular weight excluding hydrogens is 214 g/mol. The summed E-state index contributed by atoms with van der Waals surface area (Å²) in [6, 6.07) is 6.64. The first-order chi connectivity index (χ1) is 7.00. The Kier molecular flexibility index (Phi) is 3.62. The van der Waals surface area contributed by atoms with Gasteiger partial charge in [0.05, 0.1) is 0 Å². The maximum atomic E-state index is 10.5. The molecule has 4 nitrogen and oxygen atoms in total. The van der Waals surface area contributed by atoms with E-state index in [0.717, 1.165) is 5.56 Å². The minimum atomic E-state index is -1.01. The van der Waals surface area contributed by atoms with Crippen molar-refractivity contribution in [1.82, 2.24) is 0 Å². The highest BCUT2D eigenvalue weighted by atomic mass is 32.1. The number of carboxylic acids is 1. The van der Waals surface area contributed by atoms with Crippen molar-refractivity contribution in [3.63, 3.8) is 0 Å². The van der Waals surface area contributed by atoms with Gasteiger partial charge in [-0.3, -0.25) is 0 Å². The van der Waals surface area contributed by atoms with Crippen molar-refractivity contribution in [2.75, 3.05) is 0 Å². The van der Waals surface area contributed by atoms with Crippen LogP contribution in [0.1, 0.15) is 12.5 Å². The van der Waals surface area contributed by atoms with Crippen LogP contribution in [-0.4, -0.2) is 22.2 Å². The quantitative estimate of drug-likeness (QED) is 0.753. The second-order valence-corrected chi connectivity index (χ2v) is 3.43. The number of benzene rings is 1. The fraction of sp³-hybridized carbons (Fsp3) is 0.200. The van der Waals surface area contributed by atoms with Crippen molar-refractivity contribution in [3.8, 4) is 5.75 Å². The highest BCUT2D eigenvalue weighted by Crippen LogP contribution is 2.13. The second-order valence-electron chi connectivity index (χ2n) is 2.99. The lowest BCUT2D eigenvalue weighted by Gasteiger charge is -2.10. The van der Waals surface area contributed by atoms with Crippen LogP contribution in [0, 0.1) is 0 Å². The molecule has 80 valence electrons. The Morgan fingerprint density at radius 2 is 2.00 bits per heavy atom. The Morgan fingerprint density at radius 1 is 1.47 bits per heavy atom. The number of carboxylic acid groups (broad SMARTS) is 1. The summed E-state index contributed by atoms with van der Waals surface area (Å²) in [4.78, 5) is 10.8. The first kappa shape index (κ1) is 11.5. The molecule has 0 bridgehead atoms. The van der Waals surface area contributed by atoms with Crippen LogP contribution in [0.3, 0.4) is 0 Å². The van der Waals surface area contributed by atoms with Crippen molar-refractivity contribution >= 4 is 23.2 Å². The van der Waals surface area contributed by atoms with Gasteiger partial charge in [0, 0.05) is 5.56 Å². The molecule has 0 radical (unpaired) electrons. The summed E-state index contributed by atoms with van der Waals surface area (Å²) in [7, 11) is 0. The highest BCUT2D eigenvalue weighted by Gasteiger charge is 2.11. The van der Waals surface area contributed by atoms with E-state index in [4.69, 9.17) is 27.8 Å². The van der Waals surface area contributed by atoms with E-state index in [-0.39, 0.29) is 0 Å². The second kappa shape index (κ2) is 4.75. The van der Waals surface area contributed by atoms with Crippen molar-refractivity contribution in [3.05, 3.63) is 29.8 Å². The van der Waals surface area contributed by atoms with Gasteiger partial charge in [-0.05, 0) is 31.2 Å². The zero-order valence-corrected chi connectivity index (χ0v) is 8.95. The summed E-state index contributed by atoms with van der Waals surface area (Å²) >= 11 is 4.78. The molecule has 0 saturated heterocycles. The van der Waals surface area contributed by atoms with Crippen LogP contribution in [0.2, 0.25) is 0 Å². The average molecular weight is 225 g/mol. The van der Waals surface area contributed by atoms with Crippen molar-refractivity contribution in [1.29, 1.82) is 0 Å². The molecule has 0 saturated carbocycles. The fourth-order valence-corrected chi connectivity index (χ4v) is 1.09. The third kappa shape index (κ3) is 3.21. The molecule has 0 aliphatic rings. The van der Waals surface area contributed by atoms with Crippen LogP contribution in [0.5, 0.6) is 5.75 Å². The van der Waals surface area contributed by atoms with Gasteiger partial charge in [0.15, 0.2) is 6.10 Å². The number of hydrogen-bond donors (Lipinski definition) is 2. The molecule has 0 amide bonds. The summed E-state index contributed by atoms with van der Waals surface area (Å²) in [6.07, 6.45) is -0.874. The molecule has 5 heteroatoms. The summed E-state index contributed by atoms with van der Waals surface area (Å²) < 4.78 is 5.13. The van der Waals surface area contributed by atoms with Crippen molar-refractivity contribution < 1.29 is 14.6 Å². The van der Waals surface area contributed by atoms with Gasteiger partial charge in [-0.1, -0.05) is 12.2 Å². The molecule has 0 heterocycles. The van der Waals surface area contributed by atoms with Gasteiger partial charge >= 0.3 is 5.97 Å². The smallest absolute Gasteiger partial charge is 0.344 e. The molecule has 0 aromatic heterocycles. The van der Waals surface area contributed by atoms with Crippen LogP contribution < -0.4 is 10.5 Å². The first-order valence-corrected chi connectivity index (χ1v) is 4.71. The monoisotopic (exact) mass is 225 g/mol. The fourth-order valence-electron chi connectivity index (χ4n) is 0.952. The molecule has 0 aliphatic heterocycles. The number of ether oxygens (including phenoxy) is 1. The van der Waals surface area contributed by atoms with Crippen molar-refractivity contribution in [2.45, 2.75) is 13.0 Å². The lowest BCUT2D eigenvalue weighted by Crippen LogP contribution is -2.22. The Hall–Kier alpha value is -1.62. The minimum absolute atomic E-state index is 0.299. The molecule has 0 aliphatic carbocycles. The number of hydrogen-bond acceptors (Lipinski definition) is 3. The zero-order valence-electron chi connectivity index (χ0n) is 8.14. The molecule has 0 fully saturated rings. The molecule has 0 spiro atoms. The van der Waals surface area contributed by atoms with E-state index in [1.54, 1.807) is 24.3 Å². The Morgan fingerprint density at radius 3 is 2.40 bits per heavy atom. The van der Waals surface area contributed by atoms with Gasteiger partial charge < -0.3 is 15.6 Å². The van der Waals surface area contributed by atoms with E-state index >= 15 is 0 Å². The first-order valence-electron chi connectivity index (χ1n) is 4.30. The van der Waals surface area contributed by atoms with Crippen molar-refractivity contribution in [2.24, 2.45) is 5.73 Å². The molecule has 1 aromatic rings. The zero-order chi connectivity index (χ0) is 11.4. The predicted octanol–water partition coefficient (Wildman–Crippen LogP) is 1.17. The normalized spacial score (nSPS) is 11.8. The van der Waals surface area contributed by atoms with Crippen LogP contribution in [0.15, 0.2) is 24.3 Å². The summed E-state index contributed by atoms with van der Waals surface area (Å²) in [6.45, 7) is 1.46. The summed E-state index contributed by atoms with van der Waals surface area (Å²) in [5.41, 5.74) is 6.13. The number of nitrogens with two attached hydrogens (primary N) is 1. The van der Waals surface area contributed by atoms with Crippen LogP contribution >= 0.6 is 12.2 Å². The summed E-state index contributed by atoms with van der Waals surface area (Å²) in [5.74, 6) is -0.529. The molecular formula is C10H11NO3S. The third-order valence-corrected chi connectivity index (χ3v) is 2.04. The molecule has 1 atom stereocenters. The van der Waals surface area contributed by atoms with Gasteiger partial charge in [0.25, 0.3) is 0 Å². The standard InChI is InChI=1S/C10H11NO3S/c1-6(10(12)13)14-8-4-2-7(3-5-8)9(11)15/h2-6H,1H3,(H2,11,15)(H,12,13). The number of rotatable bonds is 4. The van der Waals surface area contributed by atoms with Crippen LogP contribution in [0.25, 0.3) is 0 Å². The molecule has 1 aromatic carbocycles. The van der Waals surface area contributed by atoms with Gasteiger partial charge in [-0.25, -0.2) is 4.79 Å². The molecule has 1 unspecified atom stereocenters. The lowest BCUT2D eigenvalue weighted by molar-refractivity contribution is -0.144. The van der Waals surface area contributed by atoms with E-state index in [2.05, 4.69) is 0 Å². The maximum Gasteiger partial charge on any atom is 0.344 e. The maximum absolute atomic E-state index is 10.5. The summed E-state index contributed by atoms with van der Waals surface area (Å²) in [5, 5.41) is 8.62. The highest BCUT2D eigenvalue weighted by molar-refractivity contribution is 7.80. The largest absolute Gasteiger partial charge is 0.479 e. The molecule has 3 N–H and O–H groups in total. The predicted molar refractivity (Wildman–Crippen MR) is 60.1 cm³/mol. The average Bonchev–Trinajstić information content (AvgIpc) is 2.18. The number of aliphatic carboxylic acids is 1. The Bertz CT molecular complexity index is 375. The van der Waals surface area contributed by atoms with Crippen LogP contribution in [0.4, 0.5) is 0 Å². The van der Waals surface area contributed by atoms with E-state index in [0.29, 0.717) is 10.7 Å². The van der Waals surface area contributed by atoms with E-state index in [9.17, 15) is 4.79 Å². The topological polar surface area (TPSA) is 72.5 Å². The Labute approximate surface area is 92.7 Å².